The zero-order chi connectivity index (χ0) is 20.8. The summed E-state index contributed by atoms with van der Waals surface area (Å²) in [5, 5.41) is 11.7. The first-order valence-corrected chi connectivity index (χ1v) is 12.5. The van der Waals surface area contributed by atoms with Crippen LogP contribution in [-0.4, -0.2) is 49.2 Å². The lowest BCUT2D eigenvalue weighted by Gasteiger charge is -2.63. The van der Waals surface area contributed by atoms with Crippen molar-refractivity contribution >= 4 is 0 Å². The number of hydrogen-bond acceptors (Lipinski definition) is 5. The van der Waals surface area contributed by atoms with Crippen LogP contribution >= 0.6 is 0 Å². The van der Waals surface area contributed by atoms with E-state index in [0.29, 0.717) is 42.8 Å². The molecule has 6 fully saturated rings. The Morgan fingerprint density at radius 1 is 0.733 bits per heavy atom. The Morgan fingerprint density at radius 3 is 2.17 bits per heavy atom. The molecule has 0 aromatic heterocycles. The van der Waals surface area contributed by atoms with E-state index >= 15 is 0 Å². The Morgan fingerprint density at radius 2 is 1.43 bits per heavy atom. The van der Waals surface area contributed by atoms with E-state index < -0.39 is 5.79 Å². The van der Waals surface area contributed by atoms with Gasteiger partial charge in [-0.05, 0) is 80.0 Å². The molecular formula is C25H40O5. The normalized spacial score (nSPS) is 54.0. The SMILES string of the molecule is CC1([C@@H]2CC[C@@H]3[C@H]4CC[C@H]5CC6(CC[C@]5(C)[C@@H]4[C@@H](O)C[C@]32C)OCCO6)OCCO1. The quantitative estimate of drug-likeness (QED) is 0.691. The summed E-state index contributed by atoms with van der Waals surface area (Å²) in [5.41, 5.74) is 0.309. The van der Waals surface area contributed by atoms with E-state index in [0.717, 1.165) is 38.9 Å². The van der Waals surface area contributed by atoms with Crippen molar-refractivity contribution in [3.05, 3.63) is 0 Å². The molecule has 1 spiro atoms. The topological polar surface area (TPSA) is 57.2 Å². The molecule has 30 heavy (non-hydrogen) atoms. The van der Waals surface area contributed by atoms with Gasteiger partial charge in [0.05, 0.1) is 32.5 Å². The summed E-state index contributed by atoms with van der Waals surface area (Å²) in [6, 6.07) is 0. The van der Waals surface area contributed by atoms with Crippen LogP contribution in [-0.2, 0) is 18.9 Å². The standard InChI is InChI=1S/C25H40O5/c1-22-8-9-25(29-12-13-30-25)14-16(22)4-5-17-18-6-7-20(24(3)27-10-11-28-24)23(18,2)15-19(26)21(17)22/h16-21,26H,4-15H2,1-3H3/t16-,17+,18+,19-,20+,21-,22-,23+/m0/s1. The summed E-state index contributed by atoms with van der Waals surface area (Å²) < 4.78 is 24.5. The van der Waals surface area contributed by atoms with Crippen LogP contribution in [0.4, 0.5) is 0 Å². The van der Waals surface area contributed by atoms with Gasteiger partial charge in [-0.15, -0.1) is 0 Å². The van der Waals surface area contributed by atoms with E-state index in [4.69, 9.17) is 18.9 Å². The van der Waals surface area contributed by atoms with Gasteiger partial charge >= 0.3 is 0 Å². The maximum Gasteiger partial charge on any atom is 0.169 e. The van der Waals surface area contributed by atoms with Crippen LogP contribution in [0.3, 0.4) is 0 Å². The van der Waals surface area contributed by atoms with Gasteiger partial charge in [-0.25, -0.2) is 0 Å². The minimum Gasteiger partial charge on any atom is -0.393 e. The largest absolute Gasteiger partial charge is 0.393 e. The molecule has 4 saturated carbocycles. The van der Waals surface area contributed by atoms with E-state index in [-0.39, 0.29) is 22.7 Å². The first kappa shape index (κ1) is 20.4. The number of hydrogen-bond donors (Lipinski definition) is 1. The Kier molecular flexibility index (Phi) is 4.53. The van der Waals surface area contributed by atoms with Crippen LogP contribution in [0.15, 0.2) is 0 Å². The van der Waals surface area contributed by atoms with Crippen molar-refractivity contribution in [3.8, 4) is 0 Å². The third-order valence-corrected chi connectivity index (χ3v) is 10.9. The van der Waals surface area contributed by atoms with Gasteiger partial charge in [0.15, 0.2) is 11.6 Å². The monoisotopic (exact) mass is 420 g/mol. The third kappa shape index (κ3) is 2.65. The lowest BCUT2D eigenvalue weighted by molar-refractivity contribution is -0.254. The molecule has 8 atom stereocenters. The van der Waals surface area contributed by atoms with Gasteiger partial charge in [-0.1, -0.05) is 13.8 Å². The Balaban J connectivity index is 1.28. The highest BCUT2D eigenvalue weighted by Crippen LogP contribution is 2.69. The van der Waals surface area contributed by atoms with Gasteiger partial charge in [0.2, 0.25) is 0 Å². The molecule has 0 radical (unpaired) electrons. The molecule has 2 saturated heterocycles. The fourth-order valence-electron chi connectivity index (χ4n) is 9.67. The molecule has 6 aliphatic rings. The highest BCUT2D eigenvalue weighted by molar-refractivity contribution is 5.14. The van der Waals surface area contributed by atoms with E-state index in [1.165, 1.54) is 25.7 Å². The molecule has 1 N–H and O–H groups in total. The van der Waals surface area contributed by atoms with Gasteiger partial charge in [-0.3, -0.25) is 0 Å². The van der Waals surface area contributed by atoms with Gasteiger partial charge in [-0.2, -0.15) is 0 Å². The van der Waals surface area contributed by atoms with Crippen LogP contribution in [0.5, 0.6) is 0 Å². The van der Waals surface area contributed by atoms with Crippen molar-refractivity contribution in [2.45, 2.75) is 89.8 Å². The van der Waals surface area contributed by atoms with E-state index in [9.17, 15) is 5.11 Å². The summed E-state index contributed by atoms with van der Waals surface area (Å²) in [6.07, 6.45) is 8.70. The van der Waals surface area contributed by atoms with Crippen molar-refractivity contribution in [3.63, 3.8) is 0 Å². The zero-order valence-corrected chi connectivity index (χ0v) is 19.0. The van der Waals surface area contributed by atoms with Crippen LogP contribution in [0.2, 0.25) is 0 Å². The van der Waals surface area contributed by atoms with Crippen LogP contribution < -0.4 is 0 Å². The van der Waals surface area contributed by atoms with Gasteiger partial charge in [0.25, 0.3) is 0 Å². The second kappa shape index (κ2) is 6.66. The molecule has 2 heterocycles. The molecule has 0 unspecified atom stereocenters. The minimum absolute atomic E-state index is 0.108. The van der Waals surface area contributed by atoms with Crippen molar-refractivity contribution in [1.82, 2.24) is 0 Å². The maximum atomic E-state index is 11.7. The average Bonchev–Trinajstić information content (AvgIpc) is 3.41. The summed E-state index contributed by atoms with van der Waals surface area (Å²) in [6.45, 7) is 9.96. The van der Waals surface area contributed by atoms with Crippen LogP contribution in [0, 0.1) is 40.4 Å². The van der Waals surface area contributed by atoms with Crippen molar-refractivity contribution < 1.29 is 24.1 Å². The molecule has 4 aliphatic carbocycles. The molecule has 0 bridgehead atoms. The fraction of sp³-hybridized carbons (Fsp3) is 1.00. The highest BCUT2D eigenvalue weighted by atomic mass is 16.7. The Bertz CT molecular complexity index is 683. The Hall–Kier alpha value is -0.200. The molecule has 0 aromatic rings. The van der Waals surface area contributed by atoms with Crippen molar-refractivity contribution in [2.24, 2.45) is 40.4 Å². The molecular weight excluding hydrogens is 380 g/mol. The van der Waals surface area contributed by atoms with Gasteiger partial charge < -0.3 is 24.1 Å². The van der Waals surface area contributed by atoms with E-state index in [1.54, 1.807) is 0 Å². The molecule has 5 heteroatoms. The molecule has 5 nitrogen and oxygen atoms in total. The highest BCUT2D eigenvalue weighted by Gasteiger charge is 2.67. The smallest absolute Gasteiger partial charge is 0.169 e. The molecule has 170 valence electrons. The van der Waals surface area contributed by atoms with Crippen molar-refractivity contribution in [2.75, 3.05) is 26.4 Å². The van der Waals surface area contributed by atoms with E-state index in [1.807, 2.05) is 0 Å². The number of aliphatic hydroxyl groups is 1. The lowest BCUT2D eigenvalue weighted by atomic mass is 9.43. The summed E-state index contributed by atoms with van der Waals surface area (Å²) >= 11 is 0. The van der Waals surface area contributed by atoms with E-state index in [2.05, 4.69) is 20.8 Å². The predicted molar refractivity (Wildman–Crippen MR) is 112 cm³/mol. The predicted octanol–water partition coefficient (Wildman–Crippen LogP) is 4.12. The number of rotatable bonds is 1. The minimum atomic E-state index is -0.467. The van der Waals surface area contributed by atoms with Gasteiger partial charge in [0.1, 0.15) is 0 Å². The number of aliphatic hydroxyl groups excluding tert-OH is 1. The zero-order valence-electron chi connectivity index (χ0n) is 19.0. The van der Waals surface area contributed by atoms with Gasteiger partial charge in [0, 0.05) is 18.8 Å². The Labute approximate surface area is 181 Å². The van der Waals surface area contributed by atoms with Crippen LogP contribution in [0.1, 0.15) is 72.1 Å². The summed E-state index contributed by atoms with van der Waals surface area (Å²) in [4.78, 5) is 0. The number of ether oxygens (including phenoxy) is 4. The summed E-state index contributed by atoms with van der Waals surface area (Å²) in [7, 11) is 0. The van der Waals surface area contributed by atoms with Crippen LogP contribution in [0.25, 0.3) is 0 Å². The number of fused-ring (bicyclic) bond motifs is 5. The third-order valence-electron chi connectivity index (χ3n) is 10.9. The molecule has 0 aromatic carbocycles. The summed E-state index contributed by atoms with van der Waals surface area (Å²) in [5.74, 6) is 1.89. The fourth-order valence-corrected chi connectivity index (χ4v) is 9.67. The second-order valence-corrected chi connectivity index (χ2v) is 12.0. The first-order chi connectivity index (χ1) is 14.3. The molecule has 6 rings (SSSR count). The second-order valence-electron chi connectivity index (χ2n) is 12.0. The first-order valence-electron chi connectivity index (χ1n) is 12.5. The van der Waals surface area contributed by atoms with Crippen molar-refractivity contribution in [1.29, 1.82) is 0 Å². The molecule has 2 aliphatic heterocycles. The lowest BCUT2D eigenvalue weighted by Crippen LogP contribution is -2.61. The average molecular weight is 421 g/mol. The molecule has 0 amide bonds. The maximum absolute atomic E-state index is 11.7.